The molecular weight excluding hydrogens is 519 g/mol. The van der Waals surface area contributed by atoms with Crippen LogP contribution < -0.4 is 4.74 Å². The lowest BCUT2D eigenvalue weighted by Crippen LogP contribution is -2.15. The molecule has 1 aliphatic heterocycles. The third-order valence-electron chi connectivity index (χ3n) is 7.07. The number of ether oxygens (including phenoxy) is 1. The molecule has 38 heavy (non-hydrogen) atoms. The predicted octanol–water partition coefficient (Wildman–Crippen LogP) is 8.82. The van der Waals surface area contributed by atoms with Gasteiger partial charge in [-0.25, -0.2) is 0 Å². The van der Waals surface area contributed by atoms with E-state index in [1.54, 1.807) is 6.07 Å². The van der Waals surface area contributed by atoms with Gasteiger partial charge < -0.3 is 9.84 Å². The Labute approximate surface area is 232 Å². The Bertz CT molecular complexity index is 1220. The van der Waals surface area contributed by atoms with Crippen LogP contribution in [0.3, 0.4) is 0 Å². The lowest BCUT2D eigenvalue weighted by Gasteiger charge is -2.22. The Morgan fingerprint density at radius 3 is 2.50 bits per heavy atom. The molecule has 0 amide bonds. The first kappa shape index (κ1) is 28.9. The highest BCUT2D eigenvalue weighted by molar-refractivity contribution is 7.60. The lowest BCUT2D eigenvalue weighted by atomic mass is 9.93. The van der Waals surface area contributed by atoms with Gasteiger partial charge in [0.1, 0.15) is 17.6 Å². The minimum atomic E-state index is -3.27. The molecule has 0 bridgehead atoms. The van der Waals surface area contributed by atoms with Crippen LogP contribution in [0.5, 0.6) is 11.5 Å². The number of halogens is 1. The molecule has 0 aromatic heterocycles. The quantitative estimate of drug-likeness (QED) is 0.284. The van der Waals surface area contributed by atoms with Crippen molar-refractivity contribution in [3.05, 3.63) is 93.0 Å². The van der Waals surface area contributed by atoms with Crippen molar-refractivity contribution in [3.63, 3.8) is 0 Å². The van der Waals surface area contributed by atoms with E-state index in [4.69, 9.17) is 25.4 Å². The minimum absolute atomic E-state index is 0.0436. The fraction of sp³-hybridized carbons (Fsp3) is 0.419. The van der Waals surface area contributed by atoms with Crippen molar-refractivity contribution >= 4 is 19.5 Å². The average molecular weight is 558 g/mol. The van der Waals surface area contributed by atoms with Crippen molar-refractivity contribution in [1.29, 1.82) is 0 Å². The Balaban J connectivity index is 1.49. The van der Waals surface area contributed by atoms with Crippen molar-refractivity contribution in [3.8, 4) is 11.5 Å². The summed E-state index contributed by atoms with van der Waals surface area (Å²) in [7, 11) is -3.27. The number of phenolic OH excluding ortho intramolecular Hbond substituents is 1. The summed E-state index contributed by atoms with van der Waals surface area (Å²) in [5.74, 6) is 1.27. The third-order valence-corrected chi connectivity index (χ3v) is 8.94. The van der Waals surface area contributed by atoms with Gasteiger partial charge >= 0.3 is 7.94 Å². The number of aryl methyl sites for hydroxylation is 2. The van der Waals surface area contributed by atoms with Crippen LogP contribution in [0.1, 0.15) is 84.9 Å². The molecule has 0 radical (unpaired) electrons. The fourth-order valence-corrected chi connectivity index (χ4v) is 6.70. The predicted molar refractivity (Wildman–Crippen MR) is 155 cm³/mol. The zero-order valence-electron chi connectivity index (χ0n) is 22.7. The van der Waals surface area contributed by atoms with Gasteiger partial charge in [-0.15, -0.1) is 0 Å². The van der Waals surface area contributed by atoms with Crippen molar-refractivity contribution in [1.82, 2.24) is 0 Å². The highest BCUT2D eigenvalue weighted by atomic mass is 35.5. The zero-order valence-corrected chi connectivity index (χ0v) is 24.4. The first-order chi connectivity index (χ1) is 18.1. The maximum Gasteiger partial charge on any atom is 0.449 e. The molecule has 7 heteroatoms. The summed E-state index contributed by atoms with van der Waals surface area (Å²) in [5.41, 5.74) is 6.50. The minimum Gasteiger partial charge on any atom is -0.508 e. The second-order valence-corrected chi connectivity index (χ2v) is 12.9. The van der Waals surface area contributed by atoms with Crippen molar-refractivity contribution in [2.45, 2.75) is 71.8 Å². The van der Waals surface area contributed by atoms with Gasteiger partial charge in [-0.1, -0.05) is 62.6 Å². The molecule has 2 atom stereocenters. The van der Waals surface area contributed by atoms with Crippen LogP contribution in [0, 0.1) is 13.8 Å². The largest absolute Gasteiger partial charge is 0.508 e. The fourth-order valence-electron chi connectivity index (χ4n) is 4.95. The maximum absolute atomic E-state index is 11.4. The van der Waals surface area contributed by atoms with Crippen molar-refractivity contribution in [2.24, 2.45) is 0 Å². The van der Waals surface area contributed by atoms with E-state index in [0.717, 1.165) is 59.9 Å². The molecule has 3 aromatic carbocycles. The van der Waals surface area contributed by atoms with E-state index in [2.05, 4.69) is 33.8 Å². The van der Waals surface area contributed by atoms with Gasteiger partial charge in [-0.2, -0.15) is 13.9 Å². The first-order valence-corrected chi connectivity index (χ1v) is 15.5. The van der Waals surface area contributed by atoms with E-state index in [1.165, 1.54) is 5.56 Å². The second kappa shape index (κ2) is 12.8. The number of rotatable bonds is 7. The van der Waals surface area contributed by atoms with Crippen LogP contribution in [0.2, 0.25) is 5.02 Å². The molecule has 0 aliphatic carbocycles. The molecule has 0 spiro atoms. The molecule has 2 unspecified atom stereocenters. The van der Waals surface area contributed by atoms with E-state index in [9.17, 15) is 10.00 Å². The molecule has 1 aliphatic rings. The van der Waals surface area contributed by atoms with Crippen LogP contribution >= 0.6 is 19.5 Å². The molecular formula is C31H39ClO5P+. The Morgan fingerprint density at radius 2 is 1.79 bits per heavy atom. The molecule has 0 saturated carbocycles. The number of hydrogen-bond donors (Lipinski definition) is 2. The van der Waals surface area contributed by atoms with Gasteiger partial charge in [0.15, 0.2) is 0 Å². The van der Waals surface area contributed by atoms with E-state index >= 15 is 0 Å². The van der Waals surface area contributed by atoms with E-state index in [0.29, 0.717) is 23.1 Å². The van der Waals surface area contributed by atoms with E-state index in [1.807, 2.05) is 42.5 Å². The molecule has 1 fully saturated rings. The monoisotopic (exact) mass is 557 g/mol. The van der Waals surface area contributed by atoms with E-state index < -0.39 is 7.94 Å². The summed E-state index contributed by atoms with van der Waals surface area (Å²) >= 11 is 6.23. The summed E-state index contributed by atoms with van der Waals surface area (Å²) in [6.07, 6.45) is 4.08. The SMILES string of the molecule is Cc1cc(OC[P+]2(O)OCCCCCC(c3cccc(Cl)c3)O2)cc(C)c1Cc1ccc(O)c(C(C)C)c1. The van der Waals surface area contributed by atoms with Crippen LogP contribution in [-0.2, 0) is 15.5 Å². The molecule has 4 rings (SSSR count). The molecule has 3 aromatic rings. The Hall–Kier alpha value is -2.14. The van der Waals surface area contributed by atoms with Crippen molar-refractivity contribution in [2.75, 3.05) is 13.0 Å². The highest BCUT2D eigenvalue weighted by Crippen LogP contribution is 2.61. The number of hydrogen-bond acceptors (Lipinski definition) is 5. The summed E-state index contributed by atoms with van der Waals surface area (Å²) in [6.45, 7) is 8.76. The number of benzene rings is 3. The number of aromatic hydroxyl groups is 1. The summed E-state index contributed by atoms with van der Waals surface area (Å²) in [6, 6.07) is 17.5. The smallest absolute Gasteiger partial charge is 0.449 e. The maximum atomic E-state index is 11.4. The summed E-state index contributed by atoms with van der Waals surface area (Å²) in [5, 5.41) is 10.8. The van der Waals surface area contributed by atoms with Gasteiger partial charge in [-0.3, -0.25) is 0 Å². The average Bonchev–Trinajstić information content (AvgIpc) is 2.96. The van der Waals surface area contributed by atoms with Crippen LogP contribution in [0.4, 0.5) is 0 Å². The first-order valence-electron chi connectivity index (χ1n) is 13.4. The van der Waals surface area contributed by atoms with E-state index in [-0.39, 0.29) is 18.4 Å². The second-order valence-electron chi connectivity index (χ2n) is 10.5. The van der Waals surface area contributed by atoms with Crippen LogP contribution in [0.25, 0.3) is 0 Å². The molecule has 1 saturated heterocycles. The molecule has 1 heterocycles. The number of phenols is 1. The summed E-state index contributed by atoms with van der Waals surface area (Å²) in [4.78, 5) is 11.4. The van der Waals surface area contributed by atoms with Crippen molar-refractivity contribution < 1.29 is 23.8 Å². The Morgan fingerprint density at radius 1 is 1.03 bits per heavy atom. The van der Waals surface area contributed by atoms with Gasteiger partial charge in [0.05, 0.1) is 6.61 Å². The Kier molecular flexibility index (Phi) is 9.73. The standard InChI is InChI=1S/C31H38ClO5P/c1-21(2)28-17-24(12-13-30(28)33)18-29-22(3)15-27(16-23(29)4)35-20-38(34)36-14-7-5-6-11-31(37-38)25-9-8-10-26(32)19-25/h8-10,12-13,15-17,19,21,31,34H,5-7,11,14,18,20H2,1-4H3/p+1. The van der Waals surface area contributed by atoms with Gasteiger partial charge in [0.2, 0.25) is 0 Å². The lowest BCUT2D eigenvalue weighted by molar-refractivity contribution is 0.111. The van der Waals surface area contributed by atoms with Crippen LogP contribution in [0.15, 0.2) is 54.6 Å². The highest BCUT2D eigenvalue weighted by Gasteiger charge is 2.46. The van der Waals surface area contributed by atoms with Gasteiger partial charge in [-0.05, 0) is 103 Å². The molecule has 204 valence electrons. The zero-order chi connectivity index (χ0) is 27.3. The van der Waals surface area contributed by atoms with Gasteiger partial charge in [0, 0.05) is 5.02 Å². The van der Waals surface area contributed by atoms with Crippen LogP contribution in [-0.4, -0.2) is 23.0 Å². The topological polar surface area (TPSA) is 68.2 Å². The van der Waals surface area contributed by atoms with Gasteiger partial charge in [0.25, 0.3) is 6.35 Å². The normalized spacial score (nSPS) is 20.6. The summed E-state index contributed by atoms with van der Waals surface area (Å²) < 4.78 is 18.3. The molecule has 5 nitrogen and oxygen atoms in total. The molecule has 2 N–H and O–H groups in total. The third kappa shape index (κ3) is 7.49.